The van der Waals surface area contributed by atoms with Crippen LogP contribution in [0.3, 0.4) is 0 Å². The molecule has 1 atom stereocenters. The lowest BCUT2D eigenvalue weighted by Gasteiger charge is -2.23. The quantitative estimate of drug-likeness (QED) is 0.471. The third kappa shape index (κ3) is 5.48. The first-order valence-electron chi connectivity index (χ1n) is 9.13. The van der Waals surface area contributed by atoms with Crippen LogP contribution >= 0.6 is 0 Å². The number of rotatable bonds is 10. The summed E-state index contributed by atoms with van der Waals surface area (Å²) >= 11 is 0. The lowest BCUT2D eigenvalue weighted by molar-refractivity contribution is -0.150. The largest absolute Gasteiger partial charge is 0.497 e. The highest BCUT2D eigenvalue weighted by Crippen LogP contribution is 2.22. The van der Waals surface area contributed by atoms with Gasteiger partial charge in [-0.2, -0.15) is 0 Å². The molecule has 0 spiro atoms. The summed E-state index contributed by atoms with van der Waals surface area (Å²) in [5.74, 6) is -0.864. The maximum atomic E-state index is 12.8. The van der Waals surface area contributed by atoms with Gasteiger partial charge in [0, 0.05) is 12.3 Å². The smallest absolute Gasteiger partial charge is 0.329 e. The number of hydrogen-bond donors (Lipinski definition) is 2. The maximum absolute atomic E-state index is 12.8. The minimum atomic E-state index is -3.11. The van der Waals surface area contributed by atoms with Gasteiger partial charge in [-0.1, -0.05) is 24.3 Å². The zero-order valence-corrected chi connectivity index (χ0v) is 16.1. The summed E-state index contributed by atoms with van der Waals surface area (Å²) in [5, 5.41) is 11.1. The number of hydrogen-bond acceptors (Lipinski definition) is 4. The van der Waals surface area contributed by atoms with Crippen molar-refractivity contribution < 1.29 is 23.4 Å². The number of methoxy groups -OCH3 is 1. The number of benzene rings is 2. The van der Waals surface area contributed by atoms with Crippen molar-refractivity contribution >= 4 is 22.5 Å². The maximum Gasteiger partial charge on any atom is 0.329 e. The van der Waals surface area contributed by atoms with Crippen molar-refractivity contribution in [3.8, 4) is 5.75 Å². The number of fused-ring (bicyclic) bond motifs is 1. The predicted octanol–water partition coefficient (Wildman–Crippen LogP) is 4.07. The van der Waals surface area contributed by atoms with Crippen LogP contribution in [0.2, 0.25) is 0 Å². The number of ether oxygens (including phenoxy) is 1. The Morgan fingerprint density at radius 1 is 1.25 bits per heavy atom. The molecule has 0 aliphatic heterocycles. The number of aryl methyl sites for hydroxylation is 1. The number of nitrogens with zero attached hydrogens (tertiary/aromatic N) is 1. The van der Waals surface area contributed by atoms with Crippen LogP contribution in [-0.4, -0.2) is 42.4 Å². The van der Waals surface area contributed by atoms with Crippen molar-refractivity contribution in [2.75, 3.05) is 13.7 Å². The molecule has 0 aliphatic rings. The summed E-state index contributed by atoms with van der Waals surface area (Å²) in [6.45, 7) is 2.16. The number of aliphatic imine (C=N–C) groups is 1. The van der Waals surface area contributed by atoms with Crippen LogP contribution in [0.25, 0.3) is 10.8 Å². The van der Waals surface area contributed by atoms with Crippen molar-refractivity contribution in [1.82, 2.24) is 0 Å². The van der Waals surface area contributed by atoms with E-state index in [1.54, 1.807) is 7.11 Å². The van der Waals surface area contributed by atoms with E-state index in [1.165, 1.54) is 5.56 Å². The van der Waals surface area contributed by atoms with Crippen LogP contribution in [0.1, 0.15) is 31.7 Å². The normalized spacial score (nSPS) is 14.3. The molecule has 0 saturated heterocycles. The average molecular weight is 392 g/mol. The molecule has 0 aliphatic carbocycles. The molecule has 0 radical (unpaired) electrons. The number of halogens is 2. The lowest BCUT2D eigenvalue weighted by Crippen LogP contribution is -2.54. The van der Waals surface area contributed by atoms with E-state index in [-0.39, 0.29) is 19.4 Å². The SMILES string of the molecule is COc1ccc2cc(CC/C(C)=N/CCCC(N)(C(=O)O)C(F)F)ccc2c1. The fraction of sp³-hybridized carbons (Fsp3) is 0.429. The average Bonchev–Trinajstić information content (AvgIpc) is 2.68. The second kappa shape index (κ2) is 9.59. The zero-order chi connectivity index (χ0) is 20.7. The second-order valence-electron chi connectivity index (χ2n) is 6.91. The monoisotopic (exact) mass is 392 g/mol. The molecule has 2 aromatic rings. The molecule has 28 heavy (non-hydrogen) atoms. The molecule has 1 unspecified atom stereocenters. The summed E-state index contributed by atoms with van der Waals surface area (Å²) < 4.78 is 30.9. The van der Waals surface area contributed by atoms with Gasteiger partial charge in [0.15, 0.2) is 5.54 Å². The third-order valence-electron chi connectivity index (χ3n) is 4.81. The highest BCUT2D eigenvalue weighted by molar-refractivity contribution is 5.85. The second-order valence-corrected chi connectivity index (χ2v) is 6.91. The van der Waals surface area contributed by atoms with E-state index < -0.39 is 17.9 Å². The number of alkyl halides is 2. The molecule has 0 saturated carbocycles. The Morgan fingerprint density at radius 3 is 2.57 bits per heavy atom. The van der Waals surface area contributed by atoms with Gasteiger partial charge in [-0.25, -0.2) is 13.6 Å². The molecule has 0 amide bonds. The van der Waals surface area contributed by atoms with Gasteiger partial charge in [-0.15, -0.1) is 0 Å². The molecule has 0 fully saturated rings. The fourth-order valence-corrected chi connectivity index (χ4v) is 2.91. The summed E-state index contributed by atoms with van der Waals surface area (Å²) in [6.07, 6.45) is -1.68. The van der Waals surface area contributed by atoms with Crippen LogP contribution in [0, 0.1) is 0 Å². The molecule has 3 N–H and O–H groups in total. The van der Waals surface area contributed by atoms with Crippen LogP contribution in [-0.2, 0) is 11.2 Å². The number of carbonyl (C=O) groups is 1. The number of aliphatic carboxylic acids is 1. The number of carboxylic acid groups (broad SMARTS) is 1. The molecule has 7 heteroatoms. The first-order chi connectivity index (χ1) is 13.3. The lowest BCUT2D eigenvalue weighted by atomic mass is 9.95. The summed E-state index contributed by atoms with van der Waals surface area (Å²) in [4.78, 5) is 15.3. The minimum absolute atomic E-state index is 0.197. The molecular formula is C21H26F2N2O3. The fourth-order valence-electron chi connectivity index (χ4n) is 2.91. The van der Waals surface area contributed by atoms with Crippen LogP contribution < -0.4 is 10.5 Å². The summed E-state index contributed by atoms with van der Waals surface area (Å²) in [6, 6.07) is 12.2. The number of carboxylic acids is 1. The Morgan fingerprint density at radius 2 is 1.93 bits per heavy atom. The first-order valence-corrected chi connectivity index (χ1v) is 9.13. The van der Waals surface area contributed by atoms with Gasteiger partial charge in [0.25, 0.3) is 6.43 Å². The Bertz CT molecular complexity index is 855. The van der Waals surface area contributed by atoms with Gasteiger partial charge in [-0.3, -0.25) is 4.99 Å². The Kier molecular flexibility index (Phi) is 7.45. The molecule has 2 rings (SSSR count). The molecule has 0 bridgehead atoms. The van der Waals surface area contributed by atoms with Gasteiger partial charge in [0.2, 0.25) is 0 Å². The van der Waals surface area contributed by atoms with Crippen molar-refractivity contribution in [1.29, 1.82) is 0 Å². The van der Waals surface area contributed by atoms with Crippen molar-refractivity contribution in [3.63, 3.8) is 0 Å². The zero-order valence-electron chi connectivity index (χ0n) is 16.1. The highest BCUT2D eigenvalue weighted by atomic mass is 19.3. The van der Waals surface area contributed by atoms with Crippen molar-refractivity contribution in [2.24, 2.45) is 10.7 Å². The minimum Gasteiger partial charge on any atom is -0.497 e. The van der Waals surface area contributed by atoms with Crippen LogP contribution in [0.15, 0.2) is 41.4 Å². The van der Waals surface area contributed by atoms with Gasteiger partial charge in [0.05, 0.1) is 7.11 Å². The summed E-state index contributed by atoms with van der Waals surface area (Å²) in [5.41, 5.74) is 4.86. The van der Waals surface area contributed by atoms with E-state index in [2.05, 4.69) is 23.2 Å². The van der Waals surface area contributed by atoms with E-state index in [9.17, 15) is 13.6 Å². The summed E-state index contributed by atoms with van der Waals surface area (Å²) in [7, 11) is 1.64. The van der Waals surface area contributed by atoms with Gasteiger partial charge in [0.1, 0.15) is 5.75 Å². The topological polar surface area (TPSA) is 84.9 Å². The van der Waals surface area contributed by atoms with Crippen LogP contribution in [0.4, 0.5) is 8.78 Å². The highest BCUT2D eigenvalue weighted by Gasteiger charge is 2.43. The van der Waals surface area contributed by atoms with Crippen LogP contribution in [0.5, 0.6) is 5.75 Å². The molecule has 2 aromatic carbocycles. The van der Waals surface area contributed by atoms with Crippen molar-refractivity contribution in [3.05, 3.63) is 42.0 Å². The molecule has 0 heterocycles. The van der Waals surface area contributed by atoms with E-state index in [4.69, 9.17) is 15.6 Å². The van der Waals surface area contributed by atoms with Gasteiger partial charge < -0.3 is 15.6 Å². The van der Waals surface area contributed by atoms with E-state index in [0.29, 0.717) is 0 Å². The first kappa shape index (κ1) is 21.8. The number of nitrogens with two attached hydrogens (primary N) is 1. The Balaban J connectivity index is 1.87. The van der Waals surface area contributed by atoms with E-state index >= 15 is 0 Å². The Labute approximate surface area is 163 Å². The molecular weight excluding hydrogens is 366 g/mol. The molecule has 5 nitrogen and oxygen atoms in total. The third-order valence-corrected chi connectivity index (χ3v) is 4.81. The Hall–Kier alpha value is -2.54. The van der Waals surface area contributed by atoms with E-state index in [0.717, 1.165) is 35.1 Å². The van der Waals surface area contributed by atoms with E-state index in [1.807, 2.05) is 25.1 Å². The standard InChI is InChI=1S/C21H26F2N2O3/c1-14(25-11-3-10-21(24,19(22)23)20(26)27)4-5-15-6-7-17-13-18(28-2)9-8-16(17)12-15/h6-9,12-13,19H,3-5,10-11,24H2,1-2H3,(H,26,27)/b25-14+. The predicted molar refractivity (Wildman–Crippen MR) is 107 cm³/mol. The van der Waals surface area contributed by atoms with Gasteiger partial charge in [-0.05, 0) is 61.1 Å². The van der Waals surface area contributed by atoms with Crippen molar-refractivity contribution in [2.45, 2.75) is 44.6 Å². The van der Waals surface area contributed by atoms with Gasteiger partial charge >= 0.3 is 5.97 Å². The molecule has 152 valence electrons. The molecule has 0 aromatic heterocycles.